The molecule has 0 spiro atoms. The Bertz CT molecular complexity index is 772. The van der Waals surface area contributed by atoms with Gasteiger partial charge in [0.15, 0.2) is 0 Å². The molecule has 0 fully saturated rings. The zero-order chi connectivity index (χ0) is 15.7. The Hall–Kier alpha value is -1.83. The van der Waals surface area contributed by atoms with Crippen molar-refractivity contribution in [3.05, 3.63) is 82.9 Å². The van der Waals surface area contributed by atoms with Crippen LogP contribution in [0.3, 0.4) is 0 Å². The average Bonchev–Trinajstić information content (AvgIpc) is 2.99. The molecule has 125 valence electrons. The summed E-state index contributed by atoms with van der Waals surface area (Å²) in [6.07, 6.45) is 0. The number of rotatable bonds is 0. The third-order valence-electron chi connectivity index (χ3n) is 4.42. The second-order valence-electron chi connectivity index (χ2n) is 6.11. The number of fused-ring (bicyclic) bond motifs is 2. The zero-order valence-electron chi connectivity index (χ0n) is 14.1. The van der Waals surface area contributed by atoms with Crippen LogP contribution >= 0.6 is 0 Å². The van der Waals surface area contributed by atoms with Gasteiger partial charge in [-0.1, -0.05) is 19.2 Å². The van der Waals surface area contributed by atoms with E-state index >= 15 is 0 Å². The summed E-state index contributed by atoms with van der Waals surface area (Å²) >= 11 is 0. The van der Waals surface area contributed by atoms with Crippen molar-refractivity contribution in [2.24, 2.45) is 0 Å². The normalized spacial score (nSPS) is 10.3. The molecule has 4 aromatic carbocycles. The fourth-order valence-electron chi connectivity index (χ4n) is 3.30. The van der Waals surface area contributed by atoms with E-state index in [9.17, 15) is 0 Å². The second-order valence-corrected chi connectivity index (χ2v) is 6.11. The second kappa shape index (κ2) is 7.16. The van der Waals surface area contributed by atoms with Gasteiger partial charge < -0.3 is 34.0 Å². The van der Waals surface area contributed by atoms with Crippen LogP contribution in [0.1, 0.15) is 22.3 Å². The summed E-state index contributed by atoms with van der Waals surface area (Å²) < 4.78 is 0. The van der Waals surface area contributed by atoms with Crippen molar-refractivity contribution in [3.63, 3.8) is 0 Å². The molecule has 1 heteroatoms. The van der Waals surface area contributed by atoms with Crippen LogP contribution in [0.5, 0.6) is 0 Å². The van der Waals surface area contributed by atoms with Crippen LogP contribution in [0, 0.1) is 27.7 Å². The summed E-state index contributed by atoms with van der Waals surface area (Å²) in [5, 5.41) is 5.57. The number of hydrogen-bond donors (Lipinski definition) is 0. The molecule has 0 saturated heterocycles. The molecule has 0 aliphatic carbocycles. The molecular weight excluding hydrogens is 323 g/mol. The third kappa shape index (κ3) is 3.41. The fraction of sp³-hybridized carbons (Fsp3) is 0.182. The van der Waals surface area contributed by atoms with E-state index in [0.29, 0.717) is 0 Å². The van der Waals surface area contributed by atoms with E-state index in [4.69, 9.17) is 0 Å². The molecule has 0 nitrogen and oxygen atoms in total. The Morgan fingerprint density at radius 3 is 1.96 bits per heavy atom. The largest absolute Gasteiger partial charge is 0.790 e. The molecule has 0 amide bonds. The molecule has 4 aromatic rings. The zero-order valence-corrected chi connectivity index (χ0v) is 15.1. The quantitative estimate of drug-likeness (QED) is 0.326. The summed E-state index contributed by atoms with van der Waals surface area (Å²) in [7, 11) is 0. The topological polar surface area (TPSA) is 0 Å². The maximum Gasteiger partial charge on any atom is 0 e. The van der Waals surface area contributed by atoms with Gasteiger partial charge in [0.05, 0.1) is 0 Å². The van der Waals surface area contributed by atoms with E-state index in [2.05, 4.69) is 88.4 Å². The smallest absolute Gasteiger partial charge is 0 e. The summed E-state index contributed by atoms with van der Waals surface area (Å²) in [5.41, 5.74) is 5.55. The van der Waals surface area contributed by atoms with Gasteiger partial charge in [0.2, 0.25) is 0 Å². The average molecular weight is 345 g/mol. The van der Waals surface area contributed by atoms with Gasteiger partial charge in [-0.2, -0.15) is 13.8 Å². The van der Waals surface area contributed by atoms with Crippen molar-refractivity contribution in [2.45, 2.75) is 27.7 Å². The van der Waals surface area contributed by atoms with Crippen LogP contribution in [0.15, 0.2) is 60.7 Å². The molecule has 0 aliphatic heterocycles. The van der Waals surface area contributed by atoms with Crippen molar-refractivity contribution >= 4 is 21.5 Å². The first kappa shape index (κ1) is 17.5. The molecule has 4 rings (SSSR count). The van der Waals surface area contributed by atoms with Crippen LogP contribution in [0.4, 0.5) is 0 Å². The first-order valence-corrected chi connectivity index (χ1v) is 7.81. The molecule has 0 bridgehead atoms. The van der Waals surface area contributed by atoms with E-state index in [1.165, 1.54) is 43.8 Å². The maximum atomic E-state index is 2.24. The summed E-state index contributed by atoms with van der Waals surface area (Å²) in [6.45, 7) is 8.65. The SMILES string of the molecule is C[c-]1[cH-][c-](C)[c-]2cccc[c-]12.Cc1cc(C)[c-]2ccccc12.[Co]. The molecule has 0 heterocycles. The van der Waals surface area contributed by atoms with E-state index in [0.717, 1.165) is 0 Å². The van der Waals surface area contributed by atoms with Crippen LogP contribution in [-0.2, 0) is 16.8 Å². The summed E-state index contributed by atoms with van der Waals surface area (Å²) in [5.74, 6) is 0. The maximum absolute atomic E-state index is 2.24. The van der Waals surface area contributed by atoms with Crippen LogP contribution < -0.4 is 0 Å². The van der Waals surface area contributed by atoms with Gasteiger partial charge in [-0.25, -0.2) is 6.07 Å². The minimum atomic E-state index is 0. The summed E-state index contributed by atoms with van der Waals surface area (Å²) in [6, 6.07) is 21.6. The molecule has 1 radical (unpaired) electrons. The van der Waals surface area contributed by atoms with Crippen molar-refractivity contribution in [1.29, 1.82) is 0 Å². The molecule has 0 unspecified atom stereocenters. The van der Waals surface area contributed by atoms with E-state index in [-0.39, 0.29) is 16.8 Å². The first-order chi connectivity index (χ1) is 10.6. The molecule has 0 atom stereocenters. The Balaban J connectivity index is 0.000000160. The molecule has 0 saturated carbocycles. The molecule has 0 aliphatic rings. The molecule has 0 aromatic heterocycles. The van der Waals surface area contributed by atoms with Crippen LogP contribution in [0.25, 0.3) is 21.5 Å². The first-order valence-electron chi connectivity index (χ1n) is 7.81. The fourth-order valence-corrected chi connectivity index (χ4v) is 3.30. The molecule has 0 N–H and O–H groups in total. The molecular formula is C22H22Co-6. The van der Waals surface area contributed by atoms with Crippen LogP contribution in [0.2, 0.25) is 0 Å². The van der Waals surface area contributed by atoms with Gasteiger partial charge in [-0.15, -0.1) is 52.9 Å². The third-order valence-corrected chi connectivity index (χ3v) is 4.42. The predicted octanol–water partition coefficient (Wildman–Crippen LogP) is 6.35. The number of aryl methyl sites for hydroxylation is 4. The van der Waals surface area contributed by atoms with Gasteiger partial charge in [-0.3, -0.25) is 6.07 Å². The van der Waals surface area contributed by atoms with Gasteiger partial charge in [0.1, 0.15) is 0 Å². The minimum Gasteiger partial charge on any atom is -0.790 e. The van der Waals surface area contributed by atoms with Gasteiger partial charge in [-0.05, 0) is 0 Å². The Kier molecular flexibility index (Phi) is 5.45. The summed E-state index contributed by atoms with van der Waals surface area (Å²) in [4.78, 5) is 0. The van der Waals surface area contributed by atoms with Crippen molar-refractivity contribution < 1.29 is 16.8 Å². The Labute approximate surface area is 149 Å². The van der Waals surface area contributed by atoms with Crippen LogP contribution in [-0.4, -0.2) is 0 Å². The van der Waals surface area contributed by atoms with Gasteiger partial charge in [0, 0.05) is 16.8 Å². The van der Waals surface area contributed by atoms with E-state index < -0.39 is 0 Å². The number of benzene rings is 2. The Morgan fingerprint density at radius 1 is 0.826 bits per heavy atom. The standard InChI is InChI=1S/2C11H11.Co/c2*1-8-7-9(2)11-6-4-3-5-10(8)11;/h2*3-7H,1-2H3;/q-5;-1;. The van der Waals surface area contributed by atoms with Crippen molar-refractivity contribution in [2.75, 3.05) is 0 Å². The van der Waals surface area contributed by atoms with E-state index in [1.807, 2.05) is 0 Å². The van der Waals surface area contributed by atoms with Gasteiger partial charge in [0.25, 0.3) is 0 Å². The van der Waals surface area contributed by atoms with Crippen molar-refractivity contribution in [1.82, 2.24) is 0 Å². The number of hydrogen-bond acceptors (Lipinski definition) is 0. The predicted molar refractivity (Wildman–Crippen MR) is 98.0 cm³/mol. The molecule has 23 heavy (non-hydrogen) atoms. The monoisotopic (exact) mass is 345 g/mol. The minimum absolute atomic E-state index is 0. The Morgan fingerprint density at radius 2 is 1.39 bits per heavy atom. The van der Waals surface area contributed by atoms with Crippen molar-refractivity contribution in [3.8, 4) is 0 Å². The van der Waals surface area contributed by atoms with E-state index in [1.54, 1.807) is 0 Å². The van der Waals surface area contributed by atoms with Gasteiger partial charge >= 0.3 is 0 Å².